The largest absolute Gasteiger partial charge is 0.413 e. The van der Waals surface area contributed by atoms with Gasteiger partial charge < -0.3 is 9.32 Å². The molecule has 0 bridgehead atoms. The maximum Gasteiger partial charge on any atom is 0.263 e. The average molecular weight is 459 g/mol. The molecule has 0 unspecified atom stereocenters. The summed E-state index contributed by atoms with van der Waals surface area (Å²) in [5, 5.41) is 2.76. The average Bonchev–Trinajstić information content (AvgIpc) is 3.13. The number of rotatable bonds is 6. The van der Waals surface area contributed by atoms with Crippen LogP contribution < -0.4 is 4.90 Å². The second kappa shape index (κ2) is 9.18. The van der Waals surface area contributed by atoms with Crippen molar-refractivity contribution in [1.29, 1.82) is 0 Å². The first-order valence-electron chi connectivity index (χ1n) is 8.75. The van der Waals surface area contributed by atoms with E-state index in [2.05, 4.69) is 0 Å². The number of benzene rings is 3. The molecule has 3 aromatic carbocycles. The molecule has 0 radical (unpaired) electrons. The molecular formula is C22H16Cl2N2OS2. The highest BCUT2D eigenvalue weighted by molar-refractivity contribution is 8.00. The maximum absolute atomic E-state index is 6.16. The fourth-order valence-corrected chi connectivity index (χ4v) is 4.52. The summed E-state index contributed by atoms with van der Waals surface area (Å²) in [5.74, 6) is 0.688. The topological polar surface area (TPSA) is 29.3 Å². The second-order valence-electron chi connectivity index (χ2n) is 6.10. The lowest BCUT2D eigenvalue weighted by atomic mass is 10.3. The lowest BCUT2D eigenvalue weighted by Crippen LogP contribution is -2.09. The summed E-state index contributed by atoms with van der Waals surface area (Å²) in [6, 6.07) is 25.3. The van der Waals surface area contributed by atoms with Gasteiger partial charge in [0.2, 0.25) is 5.88 Å². The molecule has 1 heterocycles. The van der Waals surface area contributed by atoms with Gasteiger partial charge in [0.25, 0.3) is 5.22 Å². The molecule has 0 saturated heterocycles. The molecule has 0 aliphatic rings. The van der Waals surface area contributed by atoms with Gasteiger partial charge in [0, 0.05) is 32.6 Å². The van der Waals surface area contributed by atoms with Crippen LogP contribution >= 0.6 is 46.7 Å². The Balaban J connectivity index is 1.67. The van der Waals surface area contributed by atoms with E-state index in [0.717, 1.165) is 20.5 Å². The molecule has 29 heavy (non-hydrogen) atoms. The molecule has 4 rings (SSSR count). The number of nitrogens with zero attached hydrogens (tertiary/aromatic N) is 2. The van der Waals surface area contributed by atoms with Gasteiger partial charge in [-0.1, -0.05) is 53.2 Å². The van der Waals surface area contributed by atoms with Crippen LogP contribution in [0.4, 0.5) is 11.6 Å². The van der Waals surface area contributed by atoms with Gasteiger partial charge in [-0.3, -0.25) is 0 Å². The molecule has 0 amide bonds. The highest BCUT2D eigenvalue weighted by Gasteiger charge is 2.20. The molecule has 0 atom stereocenters. The van der Waals surface area contributed by atoms with Crippen molar-refractivity contribution in [2.75, 3.05) is 11.9 Å². The quantitative estimate of drug-likeness (QED) is 0.291. The second-order valence-corrected chi connectivity index (χ2v) is 9.06. The number of oxazole rings is 1. The molecule has 1 aromatic heterocycles. The summed E-state index contributed by atoms with van der Waals surface area (Å²) in [6.07, 6.45) is 0. The van der Waals surface area contributed by atoms with E-state index in [9.17, 15) is 0 Å². The van der Waals surface area contributed by atoms with Gasteiger partial charge >= 0.3 is 0 Å². The zero-order valence-corrected chi connectivity index (χ0v) is 18.5. The highest BCUT2D eigenvalue weighted by atomic mass is 35.5. The number of hydrogen-bond donors (Lipinski definition) is 0. The summed E-state index contributed by atoms with van der Waals surface area (Å²) in [4.78, 5) is 8.78. The predicted octanol–water partition coefficient (Wildman–Crippen LogP) is 8.05. The van der Waals surface area contributed by atoms with Gasteiger partial charge in [0.1, 0.15) is 0 Å². The number of halogens is 2. The third-order valence-corrected chi connectivity index (χ3v) is 6.38. The Morgan fingerprint density at radius 3 is 1.90 bits per heavy atom. The summed E-state index contributed by atoms with van der Waals surface area (Å²) in [5.41, 5.74) is 1.02. The van der Waals surface area contributed by atoms with E-state index >= 15 is 0 Å². The van der Waals surface area contributed by atoms with Gasteiger partial charge in [0.05, 0.1) is 0 Å². The highest BCUT2D eigenvalue weighted by Crippen LogP contribution is 2.41. The van der Waals surface area contributed by atoms with Crippen LogP contribution in [0.5, 0.6) is 0 Å². The smallest absolute Gasteiger partial charge is 0.263 e. The molecule has 0 fully saturated rings. The SMILES string of the molecule is CN(c1ccccc1)c1oc(Sc2ccc(Cl)cc2)nc1Sc1ccc(Cl)cc1. The fraction of sp³-hybridized carbons (Fsp3) is 0.0455. The minimum atomic E-state index is 0.571. The normalized spacial score (nSPS) is 10.9. The Kier molecular flexibility index (Phi) is 6.40. The van der Waals surface area contributed by atoms with Gasteiger partial charge in [-0.25, -0.2) is 0 Å². The summed E-state index contributed by atoms with van der Waals surface area (Å²) in [6.45, 7) is 0. The van der Waals surface area contributed by atoms with Gasteiger partial charge in [0.15, 0.2) is 5.03 Å². The first-order chi connectivity index (χ1) is 14.1. The minimum absolute atomic E-state index is 0.571. The zero-order chi connectivity index (χ0) is 20.2. The molecule has 4 aromatic rings. The lowest BCUT2D eigenvalue weighted by Gasteiger charge is -2.16. The van der Waals surface area contributed by atoms with E-state index in [-0.39, 0.29) is 0 Å². The van der Waals surface area contributed by atoms with Crippen molar-refractivity contribution >= 4 is 58.3 Å². The van der Waals surface area contributed by atoms with Gasteiger partial charge in [-0.05, 0) is 72.4 Å². The molecule has 3 nitrogen and oxygen atoms in total. The van der Waals surface area contributed by atoms with Crippen molar-refractivity contribution in [1.82, 2.24) is 4.98 Å². The minimum Gasteiger partial charge on any atom is -0.413 e. The molecule has 146 valence electrons. The molecule has 0 N–H and O–H groups in total. The monoisotopic (exact) mass is 458 g/mol. The molecule has 0 saturated carbocycles. The van der Waals surface area contributed by atoms with E-state index in [1.165, 1.54) is 11.8 Å². The Labute approximate surface area is 188 Å². The van der Waals surface area contributed by atoms with Crippen molar-refractivity contribution in [3.8, 4) is 0 Å². The zero-order valence-electron chi connectivity index (χ0n) is 15.4. The number of aromatic nitrogens is 1. The Morgan fingerprint density at radius 1 is 0.759 bits per heavy atom. The molecule has 0 spiro atoms. The Bertz CT molecular complexity index is 1080. The summed E-state index contributed by atoms with van der Waals surface area (Å²) >= 11 is 15.0. The molecular weight excluding hydrogens is 443 g/mol. The van der Waals surface area contributed by atoms with Crippen molar-refractivity contribution in [2.24, 2.45) is 0 Å². The van der Waals surface area contributed by atoms with Crippen molar-refractivity contribution in [3.05, 3.63) is 88.9 Å². The van der Waals surface area contributed by atoms with Crippen LogP contribution in [0.3, 0.4) is 0 Å². The van der Waals surface area contributed by atoms with E-state index in [0.29, 0.717) is 21.2 Å². The summed E-state index contributed by atoms with van der Waals surface area (Å²) < 4.78 is 6.16. The van der Waals surface area contributed by atoms with Crippen LogP contribution in [0.25, 0.3) is 0 Å². The molecule has 0 aliphatic carbocycles. The Hall–Kier alpha value is -2.05. The third kappa shape index (κ3) is 5.11. The Morgan fingerprint density at radius 2 is 1.31 bits per heavy atom. The van der Waals surface area contributed by atoms with Crippen molar-refractivity contribution in [3.63, 3.8) is 0 Å². The van der Waals surface area contributed by atoms with E-state index in [4.69, 9.17) is 32.6 Å². The molecule has 0 aliphatic heterocycles. The first kappa shape index (κ1) is 20.2. The lowest BCUT2D eigenvalue weighted by molar-refractivity contribution is 0.459. The maximum atomic E-state index is 6.16. The van der Waals surface area contributed by atoms with Crippen LogP contribution in [0.2, 0.25) is 10.0 Å². The van der Waals surface area contributed by atoms with Crippen LogP contribution in [0.15, 0.2) is 103 Å². The van der Waals surface area contributed by atoms with E-state index < -0.39 is 0 Å². The third-order valence-electron chi connectivity index (χ3n) is 4.05. The number of hydrogen-bond acceptors (Lipinski definition) is 5. The van der Waals surface area contributed by atoms with Crippen LogP contribution in [0.1, 0.15) is 0 Å². The first-order valence-corrected chi connectivity index (χ1v) is 11.1. The molecule has 7 heteroatoms. The standard InChI is InChI=1S/C22H16Cl2N2OS2/c1-26(17-5-3-2-4-6-17)21-20(28-18-11-7-15(23)8-12-18)25-22(27-21)29-19-13-9-16(24)10-14-19/h2-14H,1H3. The van der Waals surface area contributed by atoms with Gasteiger partial charge in [-0.2, -0.15) is 4.98 Å². The number of para-hydroxylation sites is 1. The van der Waals surface area contributed by atoms with Gasteiger partial charge in [-0.15, -0.1) is 0 Å². The van der Waals surface area contributed by atoms with E-state index in [1.54, 1.807) is 11.8 Å². The van der Waals surface area contributed by atoms with Crippen LogP contribution in [-0.4, -0.2) is 12.0 Å². The van der Waals surface area contributed by atoms with Crippen LogP contribution in [0, 0.1) is 0 Å². The van der Waals surface area contributed by atoms with E-state index in [1.807, 2.05) is 90.8 Å². The summed E-state index contributed by atoms with van der Waals surface area (Å²) in [7, 11) is 1.97. The van der Waals surface area contributed by atoms with Crippen molar-refractivity contribution in [2.45, 2.75) is 20.0 Å². The fourth-order valence-electron chi connectivity index (χ4n) is 2.59. The van der Waals surface area contributed by atoms with Crippen molar-refractivity contribution < 1.29 is 4.42 Å². The number of anilines is 2. The van der Waals surface area contributed by atoms with Crippen LogP contribution in [-0.2, 0) is 0 Å². The predicted molar refractivity (Wildman–Crippen MR) is 122 cm³/mol.